The lowest BCUT2D eigenvalue weighted by molar-refractivity contribution is 0.405. The van der Waals surface area contributed by atoms with Gasteiger partial charge in [-0.05, 0) is 36.6 Å². The smallest absolute Gasteiger partial charge is 0.123 e. The first-order valence-corrected chi connectivity index (χ1v) is 6.63. The number of hydrogen-bond acceptors (Lipinski definition) is 2. The first-order chi connectivity index (χ1) is 9.11. The molecule has 0 heterocycles. The van der Waals surface area contributed by atoms with Crippen LogP contribution in [0, 0.1) is 6.92 Å². The van der Waals surface area contributed by atoms with Crippen molar-refractivity contribution in [1.29, 1.82) is 0 Å². The minimum atomic E-state index is -0.128. The summed E-state index contributed by atoms with van der Waals surface area (Å²) in [6.45, 7) is 2.02. The Morgan fingerprint density at radius 2 is 1.95 bits per heavy atom. The molecule has 0 amide bonds. The molecular weight excluding hydrogens is 258 g/mol. The van der Waals surface area contributed by atoms with Crippen LogP contribution in [-0.4, -0.2) is 7.11 Å². The fraction of sp³-hybridized carbons (Fsp3) is 0.250. The number of ether oxygens (including phenoxy) is 1. The Hall–Kier alpha value is -1.51. The Balaban J connectivity index is 2.23. The van der Waals surface area contributed by atoms with Gasteiger partial charge in [0.25, 0.3) is 0 Å². The number of halogens is 1. The third kappa shape index (κ3) is 3.28. The Morgan fingerprint density at radius 1 is 1.21 bits per heavy atom. The second-order valence-corrected chi connectivity index (χ2v) is 5.05. The molecule has 0 aliphatic carbocycles. The third-order valence-electron chi connectivity index (χ3n) is 3.19. The zero-order valence-electron chi connectivity index (χ0n) is 11.2. The second-order valence-electron chi connectivity index (χ2n) is 4.65. The van der Waals surface area contributed by atoms with E-state index in [9.17, 15) is 0 Å². The van der Waals surface area contributed by atoms with Crippen LogP contribution in [0.5, 0.6) is 5.75 Å². The third-order valence-corrected chi connectivity index (χ3v) is 3.54. The monoisotopic (exact) mass is 275 g/mol. The summed E-state index contributed by atoms with van der Waals surface area (Å²) in [7, 11) is 1.66. The zero-order valence-corrected chi connectivity index (χ0v) is 11.9. The predicted octanol–water partition coefficient (Wildman–Crippen LogP) is 3.90. The summed E-state index contributed by atoms with van der Waals surface area (Å²) in [5.74, 6) is 0.818. The van der Waals surface area contributed by atoms with Gasteiger partial charge in [0.05, 0.1) is 7.11 Å². The summed E-state index contributed by atoms with van der Waals surface area (Å²) in [5, 5.41) is 0.769. The maximum absolute atomic E-state index is 6.27. The van der Waals surface area contributed by atoms with E-state index in [1.807, 2.05) is 43.3 Å². The lowest BCUT2D eigenvalue weighted by Gasteiger charge is -2.16. The van der Waals surface area contributed by atoms with Crippen molar-refractivity contribution in [1.82, 2.24) is 0 Å². The van der Waals surface area contributed by atoms with Crippen LogP contribution in [-0.2, 0) is 6.42 Å². The van der Waals surface area contributed by atoms with Crippen LogP contribution in [0.2, 0.25) is 5.02 Å². The topological polar surface area (TPSA) is 35.2 Å². The summed E-state index contributed by atoms with van der Waals surface area (Å²) in [4.78, 5) is 0. The highest BCUT2D eigenvalue weighted by atomic mass is 35.5. The highest BCUT2D eigenvalue weighted by Crippen LogP contribution is 2.28. The molecule has 0 aliphatic rings. The molecule has 19 heavy (non-hydrogen) atoms. The maximum Gasteiger partial charge on any atom is 0.123 e. The maximum atomic E-state index is 6.27. The molecule has 3 heteroatoms. The highest BCUT2D eigenvalue weighted by molar-refractivity contribution is 6.31. The molecule has 2 rings (SSSR count). The van der Waals surface area contributed by atoms with Gasteiger partial charge in [0.15, 0.2) is 0 Å². The zero-order chi connectivity index (χ0) is 13.8. The fourth-order valence-corrected chi connectivity index (χ4v) is 2.45. The standard InChI is InChI=1S/C16H18ClNO/c1-11-7-8-12(14(17)9-11)10-15(18)13-5-3-4-6-16(13)19-2/h3-9,15H,10,18H2,1-2H3. The van der Waals surface area contributed by atoms with Crippen molar-refractivity contribution in [3.63, 3.8) is 0 Å². The SMILES string of the molecule is COc1ccccc1C(N)Cc1ccc(C)cc1Cl. The summed E-state index contributed by atoms with van der Waals surface area (Å²) in [6, 6.07) is 13.7. The number of benzene rings is 2. The Labute approximate surface area is 119 Å². The molecule has 2 N–H and O–H groups in total. The van der Waals surface area contributed by atoms with Gasteiger partial charge >= 0.3 is 0 Å². The lowest BCUT2D eigenvalue weighted by atomic mass is 9.98. The molecule has 0 bridgehead atoms. The average molecular weight is 276 g/mol. The van der Waals surface area contributed by atoms with Crippen LogP contribution in [0.1, 0.15) is 22.7 Å². The van der Waals surface area contributed by atoms with Crippen molar-refractivity contribution in [3.05, 3.63) is 64.2 Å². The summed E-state index contributed by atoms with van der Waals surface area (Å²) in [5.41, 5.74) is 9.49. The van der Waals surface area contributed by atoms with Crippen molar-refractivity contribution in [2.24, 2.45) is 5.73 Å². The number of nitrogens with two attached hydrogens (primary N) is 1. The molecule has 0 saturated carbocycles. The Morgan fingerprint density at radius 3 is 2.63 bits per heavy atom. The molecule has 0 spiro atoms. The molecule has 0 aromatic heterocycles. The van der Waals surface area contributed by atoms with E-state index < -0.39 is 0 Å². The van der Waals surface area contributed by atoms with Crippen molar-refractivity contribution in [2.45, 2.75) is 19.4 Å². The van der Waals surface area contributed by atoms with Crippen LogP contribution in [0.25, 0.3) is 0 Å². The molecule has 0 aliphatic heterocycles. The summed E-state index contributed by atoms with van der Waals surface area (Å²) < 4.78 is 5.34. The van der Waals surface area contributed by atoms with Crippen molar-refractivity contribution < 1.29 is 4.74 Å². The van der Waals surface area contributed by atoms with Crippen LogP contribution >= 0.6 is 11.6 Å². The normalized spacial score (nSPS) is 12.2. The van der Waals surface area contributed by atoms with Crippen molar-refractivity contribution in [2.75, 3.05) is 7.11 Å². The molecule has 2 aromatic rings. The van der Waals surface area contributed by atoms with Gasteiger partial charge in [-0.2, -0.15) is 0 Å². The van der Waals surface area contributed by atoms with Gasteiger partial charge in [-0.3, -0.25) is 0 Å². The minimum absolute atomic E-state index is 0.128. The van der Waals surface area contributed by atoms with Gasteiger partial charge in [0.2, 0.25) is 0 Å². The van der Waals surface area contributed by atoms with Crippen molar-refractivity contribution in [3.8, 4) is 5.75 Å². The molecular formula is C16H18ClNO. The van der Waals surface area contributed by atoms with Gasteiger partial charge in [-0.25, -0.2) is 0 Å². The summed E-state index contributed by atoms with van der Waals surface area (Å²) >= 11 is 6.25. The first-order valence-electron chi connectivity index (χ1n) is 6.25. The molecule has 1 atom stereocenters. The number of hydrogen-bond donors (Lipinski definition) is 1. The molecule has 100 valence electrons. The molecule has 0 radical (unpaired) electrons. The molecule has 2 nitrogen and oxygen atoms in total. The lowest BCUT2D eigenvalue weighted by Crippen LogP contribution is -2.14. The van der Waals surface area contributed by atoms with Crippen LogP contribution < -0.4 is 10.5 Å². The minimum Gasteiger partial charge on any atom is -0.496 e. The van der Waals surface area contributed by atoms with Crippen LogP contribution in [0.15, 0.2) is 42.5 Å². The Kier molecular flexibility index (Phi) is 4.46. The van der Waals surface area contributed by atoms with E-state index in [0.717, 1.165) is 27.5 Å². The van der Waals surface area contributed by atoms with Crippen LogP contribution in [0.3, 0.4) is 0 Å². The van der Waals surface area contributed by atoms with Gasteiger partial charge in [0.1, 0.15) is 5.75 Å². The van der Waals surface area contributed by atoms with E-state index in [2.05, 4.69) is 6.07 Å². The molecule has 2 aromatic carbocycles. The first kappa shape index (κ1) is 13.9. The average Bonchev–Trinajstić information content (AvgIpc) is 2.41. The van der Waals surface area contributed by atoms with E-state index in [-0.39, 0.29) is 6.04 Å². The molecule has 0 fully saturated rings. The van der Waals surface area contributed by atoms with E-state index >= 15 is 0 Å². The fourth-order valence-electron chi connectivity index (χ4n) is 2.14. The molecule has 0 saturated heterocycles. The van der Waals surface area contributed by atoms with Crippen molar-refractivity contribution >= 4 is 11.6 Å². The van der Waals surface area contributed by atoms with Gasteiger partial charge in [-0.1, -0.05) is 41.9 Å². The number of aryl methyl sites for hydroxylation is 1. The van der Waals surface area contributed by atoms with Gasteiger partial charge in [0, 0.05) is 16.6 Å². The second kappa shape index (κ2) is 6.09. The van der Waals surface area contributed by atoms with Gasteiger partial charge < -0.3 is 10.5 Å². The largest absolute Gasteiger partial charge is 0.496 e. The van der Waals surface area contributed by atoms with Gasteiger partial charge in [-0.15, -0.1) is 0 Å². The Bertz CT molecular complexity index is 568. The van der Waals surface area contributed by atoms with E-state index in [1.54, 1.807) is 7.11 Å². The van der Waals surface area contributed by atoms with Crippen LogP contribution in [0.4, 0.5) is 0 Å². The number of rotatable bonds is 4. The number of methoxy groups -OCH3 is 1. The summed E-state index contributed by atoms with van der Waals surface area (Å²) in [6.07, 6.45) is 0.694. The predicted molar refractivity (Wildman–Crippen MR) is 79.8 cm³/mol. The van der Waals surface area contributed by atoms with E-state index in [0.29, 0.717) is 6.42 Å². The highest BCUT2D eigenvalue weighted by Gasteiger charge is 2.13. The van der Waals surface area contributed by atoms with E-state index in [1.165, 1.54) is 0 Å². The van der Waals surface area contributed by atoms with E-state index in [4.69, 9.17) is 22.1 Å². The molecule has 1 unspecified atom stereocenters. The number of para-hydroxylation sites is 1. The quantitative estimate of drug-likeness (QED) is 0.918.